The van der Waals surface area contributed by atoms with Crippen LogP contribution in [0.4, 0.5) is 0 Å². The van der Waals surface area contributed by atoms with Crippen molar-refractivity contribution < 1.29 is 15.0 Å². The molecule has 1 heterocycles. The lowest BCUT2D eigenvalue weighted by molar-refractivity contribution is 0.0696. The van der Waals surface area contributed by atoms with Crippen LogP contribution in [0.3, 0.4) is 0 Å². The summed E-state index contributed by atoms with van der Waals surface area (Å²) in [5, 5.41) is 18.6. The Balaban J connectivity index is 1.99. The van der Waals surface area contributed by atoms with Gasteiger partial charge in [0.1, 0.15) is 5.75 Å². The highest BCUT2D eigenvalue weighted by molar-refractivity contribution is 7.99. The standard InChI is InChI=1S/C13H17NO3S/c15-11-5-4-10(13(16)17)8-12(11)18-9-14-6-2-1-3-7-14/h4-5,8,15H,1-3,6-7,9H2,(H,16,17). The Morgan fingerprint density at radius 2 is 2.00 bits per heavy atom. The Morgan fingerprint density at radius 3 is 2.67 bits per heavy atom. The molecule has 2 N–H and O–H groups in total. The quantitative estimate of drug-likeness (QED) is 0.821. The summed E-state index contributed by atoms with van der Waals surface area (Å²) in [6.45, 7) is 2.18. The molecule has 2 rings (SSSR count). The molecule has 1 aromatic carbocycles. The maximum Gasteiger partial charge on any atom is 0.335 e. The zero-order valence-electron chi connectivity index (χ0n) is 10.1. The van der Waals surface area contributed by atoms with Crippen LogP contribution in [0.25, 0.3) is 0 Å². The number of carbonyl (C=O) groups is 1. The van der Waals surface area contributed by atoms with Crippen LogP contribution in [0.15, 0.2) is 23.1 Å². The molecule has 0 aliphatic carbocycles. The minimum Gasteiger partial charge on any atom is -0.507 e. The average molecular weight is 267 g/mol. The molecule has 1 aliphatic heterocycles. The van der Waals surface area contributed by atoms with E-state index >= 15 is 0 Å². The molecule has 0 amide bonds. The Bertz CT molecular complexity index is 430. The first kappa shape index (κ1) is 13.2. The largest absolute Gasteiger partial charge is 0.507 e. The molecule has 1 aliphatic rings. The predicted molar refractivity (Wildman–Crippen MR) is 71.2 cm³/mol. The van der Waals surface area contributed by atoms with Crippen LogP contribution in [0.2, 0.25) is 0 Å². The fraction of sp³-hybridized carbons (Fsp3) is 0.462. The summed E-state index contributed by atoms with van der Waals surface area (Å²) in [4.78, 5) is 13.8. The average Bonchev–Trinajstić information content (AvgIpc) is 2.38. The third-order valence-corrected chi connectivity index (χ3v) is 4.19. The molecule has 1 aromatic rings. The fourth-order valence-electron chi connectivity index (χ4n) is 2.01. The van der Waals surface area contributed by atoms with Gasteiger partial charge >= 0.3 is 5.97 Å². The highest BCUT2D eigenvalue weighted by Gasteiger charge is 2.12. The summed E-state index contributed by atoms with van der Waals surface area (Å²) in [6.07, 6.45) is 3.74. The first-order valence-corrected chi connectivity index (χ1v) is 7.07. The molecule has 0 unspecified atom stereocenters. The third-order valence-electron chi connectivity index (χ3n) is 3.06. The van der Waals surface area contributed by atoms with Crippen molar-refractivity contribution in [3.8, 4) is 5.75 Å². The number of hydrogen-bond acceptors (Lipinski definition) is 4. The van der Waals surface area contributed by atoms with Crippen LogP contribution in [0.1, 0.15) is 29.6 Å². The number of hydrogen-bond donors (Lipinski definition) is 2. The van der Waals surface area contributed by atoms with Crippen molar-refractivity contribution in [1.29, 1.82) is 0 Å². The smallest absolute Gasteiger partial charge is 0.335 e. The number of phenolic OH excluding ortho intramolecular Hbond substituents is 1. The van der Waals surface area contributed by atoms with Crippen molar-refractivity contribution >= 4 is 17.7 Å². The van der Waals surface area contributed by atoms with Crippen LogP contribution in [0, 0.1) is 0 Å². The number of carboxylic acids is 1. The van der Waals surface area contributed by atoms with Gasteiger partial charge in [-0.3, -0.25) is 4.90 Å². The molecule has 0 bridgehead atoms. The van der Waals surface area contributed by atoms with E-state index in [-0.39, 0.29) is 11.3 Å². The highest BCUT2D eigenvalue weighted by Crippen LogP contribution is 2.30. The second-order valence-electron chi connectivity index (χ2n) is 4.44. The highest BCUT2D eigenvalue weighted by atomic mass is 32.2. The molecule has 0 radical (unpaired) electrons. The van der Waals surface area contributed by atoms with Gasteiger partial charge in [-0.25, -0.2) is 4.79 Å². The van der Waals surface area contributed by atoms with Crippen molar-refractivity contribution in [3.05, 3.63) is 23.8 Å². The normalized spacial score (nSPS) is 16.7. The monoisotopic (exact) mass is 267 g/mol. The molecule has 5 heteroatoms. The molecule has 0 spiro atoms. The number of phenols is 1. The summed E-state index contributed by atoms with van der Waals surface area (Å²) in [6, 6.07) is 4.40. The first-order chi connectivity index (χ1) is 8.66. The van der Waals surface area contributed by atoms with Crippen LogP contribution >= 0.6 is 11.8 Å². The molecular formula is C13H17NO3S. The van der Waals surface area contributed by atoms with E-state index in [4.69, 9.17) is 5.11 Å². The molecular weight excluding hydrogens is 250 g/mol. The Morgan fingerprint density at radius 1 is 1.28 bits per heavy atom. The van der Waals surface area contributed by atoms with Gasteiger partial charge < -0.3 is 10.2 Å². The SMILES string of the molecule is O=C(O)c1ccc(O)c(SCN2CCCCC2)c1. The molecule has 98 valence electrons. The minimum atomic E-state index is -0.963. The molecule has 1 fully saturated rings. The lowest BCUT2D eigenvalue weighted by Gasteiger charge is -2.25. The number of carboxylic acid groups (broad SMARTS) is 1. The molecule has 0 aromatic heterocycles. The number of piperidine rings is 1. The lowest BCUT2D eigenvalue weighted by Crippen LogP contribution is -2.29. The number of aromatic carboxylic acids is 1. The van der Waals surface area contributed by atoms with E-state index in [0.29, 0.717) is 4.90 Å². The molecule has 0 saturated carbocycles. The maximum absolute atomic E-state index is 10.9. The molecule has 0 atom stereocenters. The van der Waals surface area contributed by atoms with Crippen molar-refractivity contribution in [2.24, 2.45) is 0 Å². The van der Waals surface area contributed by atoms with E-state index in [1.807, 2.05) is 0 Å². The Labute approximate surface area is 111 Å². The molecule has 4 nitrogen and oxygen atoms in total. The van der Waals surface area contributed by atoms with Gasteiger partial charge in [-0.05, 0) is 44.1 Å². The van der Waals surface area contributed by atoms with E-state index < -0.39 is 5.97 Å². The predicted octanol–water partition coefficient (Wildman–Crippen LogP) is 2.63. The van der Waals surface area contributed by atoms with Gasteiger partial charge in [0, 0.05) is 5.88 Å². The number of benzene rings is 1. The number of nitrogens with zero attached hydrogens (tertiary/aromatic N) is 1. The number of thioether (sulfide) groups is 1. The zero-order chi connectivity index (χ0) is 13.0. The fourth-order valence-corrected chi connectivity index (χ4v) is 3.02. The van der Waals surface area contributed by atoms with E-state index in [0.717, 1.165) is 19.0 Å². The van der Waals surface area contributed by atoms with Crippen LogP contribution in [-0.4, -0.2) is 40.0 Å². The van der Waals surface area contributed by atoms with Crippen LogP contribution < -0.4 is 0 Å². The second-order valence-corrected chi connectivity index (χ2v) is 5.43. The van der Waals surface area contributed by atoms with Crippen LogP contribution in [-0.2, 0) is 0 Å². The molecule has 18 heavy (non-hydrogen) atoms. The second kappa shape index (κ2) is 6.11. The van der Waals surface area contributed by atoms with Gasteiger partial charge in [0.25, 0.3) is 0 Å². The summed E-state index contributed by atoms with van der Waals surface area (Å²) in [7, 11) is 0. The van der Waals surface area contributed by atoms with Gasteiger partial charge in [0.05, 0.1) is 10.5 Å². The van der Waals surface area contributed by atoms with Gasteiger partial charge in [0.15, 0.2) is 0 Å². The van der Waals surface area contributed by atoms with E-state index in [2.05, 4.69) is 4.90 Å². The zero-order valence-corrected chi connectivity index (χ0v) is 10.9. The van der Waals surface area contributed by atoms with E-state index in [1.54, 1.807) is 0 Å². The van der Waals surface area contributed by atoms with Gasteiger partial charge in [-0.15, -0.1) is 11.8 Å². The Hall–Kier alpha value is -1.20. The van der Waals surface area contributed by atoms with Gasteiger partial charge in [0.2, 0.25) is 0 Å². The van der Waals surface area contributed by atoms with Gasteiger partial charge in [-0.2, -0.15) is 0 Å². The topological polar surface area (TPSA) is 60.8 Å². The Kier molecular flexibility index (Phi) is 4.49. The number of aromatic hydroxyl groups is 1. The van der Waals surface area contributed by atoms with Crippen molar-refractivity contribution in [2.75, 3.05) is 19.0 Å². The summed E-state index contributed by atoms with van der Waals surface area (Å²) in [5.74, 6) is -0.00627. The lowest BCUT2D eigenvalue weighted by atomic mass is 10.1. The molecule has 1 saturated heterocycles. The maximum atomic E-state index is 10.9. The summed E-state index contributed by atoms with van der Waals surface area (Å²) in [5.41, 5.74) is 0.217. The summed E-state index contributed by atoms with van der Waals surface area (Å²) < 4.78 is 0. The number of rotatable bonds is 4. The first-order valence-electron chi connectivity index (χ1n) is 6.08. The minimum absolute atomic E-state index is 0.155. The van der Waals surface area contributed by atoms with E-state index in [1.165, 1.54) is 49.2 Å². The number of likely N-dealkylation sites (tertiary alicyclic amines) is 1. The summed E-state index contributed by atoms with van der Waals surface area (Å²) >= 11 is 1.50. The van der Waals surface area contributed by atoms with Crippen molar-refractivity contribution in [2.45, 2.75) is 24.2 Å². The van der Waals surface area contributed by atoms with Crippen LogP contribution in [0.5, 0.6) is 5.75 Å². The van der Waals surface area contributed by atoms with E-state index in [9.17, 15) is 9.90 Å². The van der Waals surface area contributed by atoms with Crippen molar-refractivity contribution in [1.82, 2.24) is 4.90 Å². The van der Waals surface area contributed by atoms with Crippen molar-refractivity contribution in [3.63, 3.8) is 0 Å². The van der Waals surface area contributed by atoms with Gasteiger partial charge in [-0.1, -0.05) is 6.42 Å². The third kappa shape index (κ3) is 3.40.